The van der Waals surface area contributed by atoms with E-state index in [-0.39, 0.29) is 11.8 Å². The maximum absolute atomic E-state index is 13.0. The molecule has 0 aliphatic carbocycles. The summed E-state index contributed by atoms with van der Waals surface area (Å²) in [6.07, 6.45) is 5.51. The maximum atomic E-state index is 13.0. The summed E-state index contributed by atoms with van der Waals surface area (Å²) < 4.78 is 11.5. The molecule has 2 aliphatic rings. The first kappa shape index (κ1) is 16.3. The molecule has 0 bridgehead atoms. The van der Waals surface area contributed by atoms with Crippen molar-refractivity contribution in [2.75, 3.05) is 19.7 Å². The van der Waals surface area contributed by atoms with Gasteiger partial charge >= 0.3 is 0 Å². The molecule has 0 spiro atoms. The van der Waals surface area contributed by atoms with E-state index >= 15 is 0 Å². The second-order valence-corrected chi connectivity index (χ2v) is 7.24. The Labute approximate surface area is 157 Å². The Bertz CT molecular complexity index is 964. The second kappa shape index (κ2) is 6.68. The number of pyridine rings is 1. The van der Waals surface area contributed by atoms with Crippen molar-refractivity contribution in [1.29, 1.82) is 0 Å². The van der Waals surface area contributed by atoms with Crippen LogP contribution in [0.25, 0.3) is 11.1 Å². The van der Waals surface area contributed by atoms with Gasteiger partial charge in [-0.25, -0.2) is 9.97 Å². The van der Waals surface area contributed by atoms with Crippen molar-refractivity contribution in [2.45, 2.75) is 31.6 Å². The van der Waals surface area contributed by atoms with Gasteiger partial charge in [-0.3, -0.25) is 4.79 Å². The van der Waals surface area contributed by atoms with Crippen LogP contribution in [0.4, 0.5) is 0 Å². The van der Waals surface area contributed by atoms with Gasteiger partial charge in [0.25, 0.3) is 5.91 Å². The summed E-state index contributed by atoms with van der Waals surface area (Å²) >= 11 is 0. The zero-order valence-corrected chi connectivity index (χ0v) is 15.1. The number of ether oxygens (including phenoxy) is 1. The SMILES string of the molecule is O=C(c1cc2c(cn1)OCCC2)N1CCC[C@@H](c2nc3ccccc3o2)C1. The molecule has 6 nitrogen and oxygen atoms in total. The molecule has 1 atom stereocenters. The molecular weight excluding hydrogens is 342 g/mol. The van der Waals surface area contributed by atoms with Gasteiger partial charge in [0.15, 0.2) is 11.5 Å². The number of amides is 1. The van der Waals surface area contributed by atoms with Crippen LogP contribution in [-0.2, 0) is 6.42 Å². The minimum Gasteiger partial charge on any atom is -0.492 e. The van der Waals surface area contributed by atoms with E-state index in [0.717, 1.165) is 67.1 Å². The van der Waals surface area contributed by atoms with Crippen molar-refractivity contribution in [1.82, 2.24) is 14.9 Å². The van der Waals surface area contributed by atoms with Gasteiger partial charge in [-0.15, -0.1) is 0 Å². The van der Waals surface area contributed by atoms with Gasteiger partial charge in [-0.2, -0.15) is 0 Å². The molecule has 27 heavy (non-hydrogen) atoms. The van der Waals surface area contributed by atoms with Crippen LogP contribution in [0.2, 0.25) is 0 Å². The third-order valence-corrected chi connectivity index (χ3v) is 5.38. The number of hydrogen-bond donors (Lipinski definition) is 0. The minimum absolute atomic E-state index is 0.0239. The molecule has 1 saturated heterocycles. The van der Waals surface area contributed by atoms with E-state index < -0.39 is 0 Å². The van der Waals surface area contributed by atoms with Gasteiger partial charge in [0.05, 0.1) is 18.7 Å². The Hall–Kier alpha value is -2.89. The highest BCUT2D eigenvalue weighted by molar-refractivity contribution is 5.92. The van der Waals surface area contributed by atoms with Crippen molar-refractivity contribution in [3.05, 3.63) is 53.7 Å². The normalized spacial score (nSPS) is 19.6. The van der Waals surface area contributed by atoms with E-state index in [2.05, 4.69) is 9.97 Å². The lowest BCUT2D eigenvalue weighted by atomic mass is 9.97. The van der Waals surface area contributed by atoms with E-state index in [0.29, 0.717) is 12.2 Å². The van der Waals surface area contributed by atoms with E-state index in [1.807, 2.05) is 35.2 Å². The number of carbonyl (C=O) groups is 1. The highest BCUT2D eigenvalue weighted by atomic mass is 16.5. The molecule has 1 aromatic carbocycles. The van der Waals surface area contributed by atoms with Crippen molar-refractivity contribution >= 4 is 17.0 Å². The summed E-state index contributed by atoms with van der Waals surface area (Å²) in [7, 11) is 0. The zero-order chi connectivity index (χ0) is 18.2. The number of aryl methyl sites for hydroxylation is 1. The molecule has 2 aromatic heterocycles. The first-order chi connectivity index (χ1) is 13.3. The second-order valence-electron chi connectivity index (χ2n) is 7.24. The fourth-order valence-electron chi connectivity index (χ4n) is 3.96. The number of carbonyl (C=O) groups excluding carboxylic acids is 1. The van der Waals surface area contributed by atoms with Gasteiger partial charge in [0.1, 0.15) is 17.0 Å². The maximum Gasteiger partial charge on any atom is 0.272 e. The highest BCUT2D eigenvalue weighted by Gasteiger charge is 2.29. The lowest BCUT2D eigenvalue weighted by Gasteiger charge is -2.31. The fourth-order valence-corrected chi connectivity index (χ4v) is 3.96. The predicted molar refractivity (Wildman–Crippen MR) is 99.9 cm³/mol. The van der Waals surface area contributed by atoms with Gasteiger partial charge in [-0.05, 0) is 49.4 Å². The molecule has 1 amide bonds. The number of fused-ring (bicyclic) bond motifs is 2. The van der Waals surface area contributed by atoms with Crippen LogP contribution in [-0.4, -0.2) is 40.5 Å². The van der Waals surface area contributed by atoms with Gasteiger partial charge < -0.3 is 14.1 Å². The molecule has 4 heterocycles. The standard InChI is InChI=1S/C21H21N3O3/c25-21(17-11-14-6-4-10-26-19(14)12-22-17)24-9-3-5-15(13-24)20-23-16-7-1-2-8-18(16)27-20/h1-2,7-8,11-12,15H,3-6,9-10,13H2/t15-/m1/s1. The van der Waals surface area contributed by atoms with Gasteiger partial charge in [0, 0.05) is 13.1 Å². The van der Waals surface area contributed by atoms with E-state index in [9.17, 15) is 4.79 Å². The number of likely N-dealkylation sites (tertiary alicyclic amines) is 1. The van der Waals surface area contributed by atoms with Crippen LogP contribution in [0.5, 0.6) is 5.75 Å². The smallest absolute Gasteiger partial charge is 0.272 e. The summed E-state index contributed by atoms with van der Waals surface area (Å²) in [5.74, 6) is 1.63. The number of hydrogen-bond acceptors (Lipinski definition) is 5. The summed E-state index contributed by atoms with van der Waals surface area (Å²) in [6.45, 7) is 2.08. The molecule has 0 saturated carbocycles. The Morgan fingerprint density at radius 1 is 1.22 bits per heavy atom. The average Bonchev–Trinajstić information content (AvgIpc) is 3.17. The van der Waals surface area contributed by atoms with Crippen molar-refractivity contribution in [3.8, 4) is 5.75 Å². The number of aromatic nitrogens is 2. The molecule has 138 valence electrons. The Morgan fingerprint density at radius 3 is 3.07 bits per heavy atom. The van der Waals surface area contributed by atoms with Crippen LogP contribution in [0.15, 0.2) is 40.9 Å². The third-order valence-electron chi connectivity index (χ3n) is 5.38. The van der Waals surface area contributed by atoms with Crippen LogP contribution in [0, 0.1) is 0 Å². The van der Waals surface area contributed by atoms with Crippen LogP contribution < -0.4 is 4.74 Å². The number of piperidine rings is 1. The lowest BCUT2D eigenvalue weighted by molar-refractivity contribution is 0.0692. The Balaban J connectivity index is 1.36. The number of rotatable bonds is 2. The monoisotopic (exact) mass is 363 g/mol. The van der Waals surface area contributed by atoms with E-state index in [4.69, 9.17) is 9.15 Å². The third kappa shape index (κ3) is 3.05. The number of para-hydroxylation sites is 2. The summed E-state index contributed by atoms with van der Waals surface area (Å²) in [5, 5.41) is 0. The molecule has 6 heteroatoms. The van der Waals surface area contributed by atoms with E-state index in [1.165, 1.54) is 0 Å². The number of nitrogens with zero attached hydrogens (tertiary/aromatic N) is 3. The molecule has 0 N–H and O–H groups in total. The number of benzene rings is 1. The first-order valence-electron chi connectivity index (χ1n) is 9.54. The van der Waals surface area contributed by atoms with Crippen LogP contribution in [0.1, 0.15) is 47.1 Å². The first-order valence-corrected chi connectivity index (χ1v) is 9.54. The minimum atomic E-state index is -0.0239. The summed E-state index contributed by atoms with van der Waals surface area (Å²) in [6, 6.07) is 9.67. The largest absolute Gasteiger partial charge is 0.492 e. The summed E-state index contributed by atoms with van der Waals surface area (Å²) in [4.78, 5) is 23.9. The Morgan fingerprint density at radius 2 is 2.15 bits per heavy atom. The molecular formula is C21H21N3O3. The van der Waals surface area contributed by atoms with Crippen molar-refractivity contribution in [3.63, 3.8) is 0 Å². The molecule has 0 unspecified atom stereocenters. The lowest BCUT2D eigenvalue weighted by Crippen LogP contribution is -2.39. The summed E-state index contributed by atoms with van der Waals surface area (Å²) in [5.41, 5.74) is 3.24. The fraction of sp³-hybridized carbons (Fsp3) is 0.381. The highest BCUT2D eigenvalue weighted by Crippen LogP contribution is 2.30. The molecule has 0 radical (unpaired) electrons. The quantitative estimate of drug-likeness (QED) is 0.696. The molecule has 5 rings (SSSR count). The van der Waals surface area contributed by atoms with Crippen LogP contribution >= 0.6 is 0 Å². The van der Waals surface area contributed by atoms with Crippen molar-refractivity contribution < 1.29 is 13.9 Å². The van der Waals surface area contributed by atoms with Crippen LogP contribution in [0.3, 0.4) is 0 Å². The topological polar surface area (TPSA) is 68.5 Å². The zero-order valence-electron chi connectivity index (χ0n) is 15.1. The van der Waals surface area contributed by atoms with E-state index in [1.54, 1.807) is 6.20 Å². The molecule has 1 fully saturated rings. The van der Waals surface area contributed by atoms with Crippen molar-refractivity contribution in [2.24, 2.45) is 0 Å². The predicted octanol–water partition coefficient (Wildman–Crippen LogP) is 3.57. The number of oxazole rings is 1. The van der Waals surface area contributed by atoms with Gasteiger partial charge in [-0.1, -0.05) is 12.1 Å². The molecule has 2 aliphatic heterocycles. The molecule has 3 aromatic rings. The van der Waals surface area contributed by atoms with Gasteiger partial charge in [0.2, 0.25) is 0 Å². The Kier molecular flexibility index (Phi) is 4.03. The average molecular weight is 363 g/mol.